The molecule has 1 amide bonds. The zero-order chi connectivity index (χ0) is 22.2. The van der Waals surface area contributed by atoms with Gasteiger partial charge >= 0.3 is 0 Å². The molecule has 1 unspecified atom stereocenters. The van der Waals surface area contributed by atoms with Gasteiger partial charge in [-0.2, -0.15) is 0 Å². The molecule has 0 radical (unpaired) electrons. The quantitative estimate of drug-likeness (QED) is 0.324. The molecule has 0 spiro atoms. The van der Waals surface area contributed by atoms with Gasteiger partial charge in [-0.15, -0.1) is 0 Å². The minimum absolute atomic E-state index is 0.0198. The molecular formula is C23H35FN6O. The van der Waals surface area contributed by atoms with E-state index in [1.807, 2.05) is 27.2 Å². The Morgan fingerprint density at radius 2 is 2.19 bits per heavy atom. The third kappa shape index (κ3) is 6.19. The van der Waals surface area contributed by atoms with E-state index in [-0.39, 0.29) is 17.8 Å². The maximum Gasteiger partial charge on any atom is 0.239 e. The molecule has 1 aromatic carbocycles. The van der Waals surface area contributed by atoms with Gasteiger partial charge in [0.2, 0.25) is 5.91 Å². The predicted octanol–water partition coefficient (Wildman–Crippen LogP) is 2.35. The second kappa shape index (κ2) is 11.1. The Bertz CT molecular complexity index is 893. The van der Waals surface area contributed by atoms with Crippen LogP contribution < -0.4 is 10.6 Å². The lowest BCUT2D eigenvalue weighted by Crippen LogP contribution is -2.43. The van der Waals surface area contributed by atoms with E-state index in [0.29, 0.717) is 13.1 Å². The number of likely N-dealkylation sites (tertiary alicyclic amines) is 1. The zero-order valence-corrected chi connectivity index (χ0v) is 18.9. The van der Waals surface area contributed by atoms with Crippen LogP contribution >= 0.6 is 0 Å². The summed E-state index contributed by atoms with van der Waals surface area (Å²) in [7, 11) is 3.65. The van der Waals surface area contributed by atoms with Gasteiger partial charge in [-0.1, -0.05) is 0 Å². The number of aromatic nitrogens is 1. The second-order valence-corrected chi connectivity index (χ2v) is 8.22. The van der Waals surface area contributed by atoms with Crippen molar-refractivity contribution in [3.05, 3.63) is 35.8 Å². The van der Waals surface area contributed by atoms with Crippen molar-refractivity contribution >= 4 is 22.8 Å². The summed E-state index contributed by atoms with van der Waals surface area (Å²) in [4.78, 5) is 24.2. The lowest BCUT2D eigenvalue weighted by atomic mass is 10.1. The highest BCUT2D eigenvalue weighted by molar-refractivity contribution is 5.83. The number of aliphatic imine (C=N–C) groups is 1. The molecule has 0 saturated carbocycles. The first-order valence-electron chi connectivity index (χ1n) is 11.2. The van der Waals surface area contributed by atoms with E-state index in [0.717, 1.165) is 67.7 Å². The van der Waals surface area contributed by atoms with Crippen molar-refractivity contribution in [1.82, 2.24) is 25.4 Å². The molecule has 8 heteroatoms. The number of fused-ring (bicyclic) bond motifs is 1. The molecule has 1 saturated heterocycles. The number of benzene rings is 1. The van der Waals surface area contributed by atoms with Crippen LogP contribution in [0.3, 0.4) is 0 Å². The number of halogens is 1. The summed E-state index contributed by atoms with van der Waals surface area (Å²) in [6.45, 7) is 6.11. The highest BCUT2D eigenvalue weighted by Crippen LogP contribution is 2.20. The summed E-state index contributed by atoms with van der Waals surface area (Å²) in [6, 6.07) is 4.83. The summed E-state index contributed by atoms with van der Waals surface area (Å²) in [6.07, 6.45) is 5.65. The van der Waals surface area contributed by atoms with Gasteiger partial charge in [-0.25, -0.2) is 4.39 Å². The zero-order valence-electron chi connectivity index (χ0n) is 18.9. The van der Waals surface area contributed by atoms with Crippen LogP contribution in [-0.4, -0.2) is 79.5 Å². The van der Waals surface area contributed by atoms with Gasteiger partial charge in [0.1, 0.15) is 5.82 Å². The molecule has 3 rings (SSSR count). The van der Waals surface area contributed by atoms with Crippen molar-refractivity contribution in [2.75, 3.05) is 46.8 Å². The van der Waals surface area contributed by atoms with Gasteiger partial charge in [0, 0.05) is 57.4 Å². The van der Waals surface area contributed by atoms with Crippen molar-refractivity contribution in [2.45, 2.75) is 38.6 Å². The highest BCUT2D eigenvalue weighted by atomic mass is 19.1. The van der Waals surface area contributed by atoms with Crippen LogP contribution in [0.25, 0.3) is 10.9 Å². The Labute approximate surface area is 184 Å². The third-order valence-electron chi connectivity index (χ3n) is 5.72. The van der Waals surface area contributed by atoms with Crippen molar-refractivity contribution in [3.63, 3.8) is 0 Å². The van der Waals surface area contributed by atoms with Crippen LogP contribution in [0.15, 0.2) is 29.4 Å². The number of likely N-dealkylation sites (N-methyl/N-ethyl adjacent to an activating group) is 1. The van der Waals surface area contributed by atoms with Crippen molar-refractivity contribution < 1.29 is 9.18 Å². The Morgan fingerprint density at radius 1 is 1.35 bits per heavy atom. The van der Waals surface area contributed by atoms with E-state index in [1.54, 1.807) is 17.0 Å². The molecular weight excluding hydrogens is 395 g/mol. The fourth-order valence-electron chi connectivity index (χ4n) is 4.15. The van der Waals surface area contributed by atoms with E-state index in [9.17, 15) is 9.18 Å². The first-order chi connectivity index (χ1) is 15.0. The van der Waals surface area contributed by atoms with Crippen molar-refractivity contribution in [1.29, 1.82) is 0 Å². The fourth-order valence-corrected chi connectivity index (χ4v) is 4.15. The number of H-pyrrole nitrogens is 1. The summed E-state index contributed by atoms with van der Waals surface area (Å²) in [5.41, 5.74) is 2.04. The number of hydrogen-bond donors (Lipinski definition) is 3. The second-order valence-electron chi connectivity index (χ2n) is 8.22. The van der Waals surface area contributed by atoms with Crippen molar-refractivity contribution in [3.8, 4) is 0 Å². The maximum atomic E-state index is 13.6. The van der Waals surface area contributed by atoms with Crippen LogP contribution in [0.2, 0.25) is 0 Å². The van der Waals surface area contributed by atoms with Gasteiger partial charge in [-0.3, -0.25) is 14.7 Å². The first-order valence-corrected chi connectivity index (χ1v) is 11.2. The normalized spacial score (nSPS) is 17.3. The molecule has 7 nitrogen and oxygen atoms in total. The average Bonchev–Trinajstić information content (AvgIpc) is 3.37. The molecule has 1 atom stereocenters. The number of amides is 1. The minimum atomic E-state index is -0.219. The van der Waals surface area contributed by atoms with Gasteiger partial charge < -0.3 is 20.5 Å². The number of rotatable bonds is 9. The molecule has 2 heterocycles. The average molecular weight is 431 g/mol. The number of aromatic amines is 1. The van der Waals surface area contributed by atoms with E-state index < -0.39 is 0 Å². The molecule has 31 heavy (non-hydrogen) atoms. The number of nitrogens with one attached hydrogen (secondary N) is 3. The standard InChI is InChI=1S/C23H35FN6O/c1-4-25-23(26-11-6-14-30-13-5-7-21(30)22(31)29(2)3)27-12-10-17-16-28-20-9-8-18(24)15-19(17)20/h8-9,15-16,21,28H,4-7,10-14H2,1-3H3,(H2,25,26,27). The topological polar surface area (TPSA) is 75.8 Å². The van der Waals surface area contributed by atoms with E-state index in [1.165, 1.54) is 6.07 Å². The number of carbonyl (C=O) groups excluding carboxylic acids is 1. The third-order valence-corrected chi connectivity index (χ3v) is 5.72. The van der Waals surface area contributed by atoms with Crippen molar-refractivity contribution in [2.24, 2.45) is 4.99 Å². The molecule has 1 aliphatic rings. The molecule has 2 aromatic rings. The number of carbonyl (C=O) groups is 1. The van der Waals surface area contributed by atoms with E-state index in [4.69, 9.17) is 0 Å². The van der Waals surface area contributed by atoms with E-state index in [2.05, 4.69) is 25.5 Å². The Balaban J connectivity index is 1.46. The van der Waals surface area contributed by atoms with Crippen LogP contribution in [0, 0.1) is 5.82 Å². The Kier molecular flexibility index (Phi) is 8.28. The minimum Gasteiger partial charge on any atom is -0.361 e. The summed E-state index contributed by atoms with van der Waals surface area (Å²) >= 11 is 0. The highest BCUT2D eigenvalue weighted by Gasteiger charge is 2.30. The molecule has 1 aliphatic heterocycles. The summed E-state index contributed by atoms with van der Waals surface area (Å²) in [5.74, 6) is 0.771. The number of hydrogen-bond acceptors (Lipinski definition) is 3. The molecule has 3 N–H and O–H groups in total. The summed E-state index contributed by atoms with van der Waals surface area (Å²) in [5, 5.41) is 7.57. The smallest absolute Gasteiger partial charge is 0.239 e. The van der Waals surface area contributed by atoms with Gasteiger partial charge in [0.05, 0.1) is 6.04 Å². The summed E-state index contributed by atoms with van der Waals surface area (Å²) < 4.78 is 13.6. The largest absolute Gasteiger partial charge is 0.361 e. The molecule has 1 aromatic heterocycles. The maximum absolute atomic E-state index is 13.6. The monoisotopic (exact) mass is 430 g/mol. The molecule has 170 valence electrons. The van der Waals surface area contributed by atoms with Crippen LogP contribution in [0.4, 0.5) is 4.39 Å². The lowest BCUT2D eigenvalue weighted by Gasteiger charge is -2.25. The van der Waals surface area contributed by atoms with Crippen LogP contribution in [0.1, 0.15) is 31.7 Å². The number of guanidine groups is 1. The van der Waals surface area contributed by atoms with Crippen LogP contribution in [0.5, 0.6) is 0 Å². The van der Waals surface area contributed by atoms with Gasteiger partial charge in [0.15, 0.2) is 5.96 Å². The Hall–Kier alpha value is -2.61. The SMILES string of the molecule is CCNC(=NCCCN1CCCC1C(=O)N(C)C)NCCc1c[nH]c2ccc(F)cc12. The van der Waals surface area contributed by atoms with Gasteiger partial charge in [-0.05, 0) is 62.9 Å². The lowest BCUT2D eigenvalue weighted by molar-refractivity contribution is -0.133. The predicted molar refractivity (Wildman–Crippen MR) is 124 cm³/mol. The molecule has 0 aliphatic carbocycles. The van der Waals surface area contributed by atoms with E-state index >= 15 is 0 Å². The van der Waals surface area contributed by atoms with Gasteiger partial charge in [0.25, 0.3) is 0 Å². The molecule has 0 bridgehead atoms. The fraction of sp³-hybridized carbons (Fsp3) is 0.565. The number of nitrogens with zero attached hydrogens (tertiary/aromatic N) is 3. The molecule has 1 fully saturated rings. The Morgan fingerprint density at radius 3 is 2.97 bits per heavy atom. The van der Waals surface area contributed by atoms with Crippen LogP contribution in [-0.2, 0) is 11.2 Å². The first kappa shape index (κ1) is 23.1.